The molecule has 0 spiro atoms. The molecule has 8 heteroatoms. The normalized spacial score (nSPS) is 20.3. The molecule has 1 N–H and O–H groups in total. The monoisotopic (exact) mass is 504 g/mol. The minimum Gasteiger partial charge on any atom is -0.389 e. The molecule has 3 aromatic carbocycles. The molecule has 3 aromatic rings. The zero-order chi connectivity index (χ0) is 25.7. The number of halogens is 6. The van der Waals surface area contributed by atoms with Crippen LogP contribution in [0.3, 0.4) is 0 Å². The minimum atomic E-state index is -1.28. The van der Waals surface area contributed by atoms with Crippen LogP contribution < -0.4 is 0 Å². The van der Waals surface area contributed by atoms with Crippen molar-refractivity contribution >= 4 is 5.57 Å². The highest BCUT2D eigenvalue weighted by Crippen LogP contribution is 2.41. The average Bonchev–Trinajstić information content (AvgIpc) is 3.70. The first-order chi connectivity index (χ1) is 17.2. The average molecular weight is 504 g/mol. The summed E-state index contributed by atoms with van der Waals surface area (Å²) in [4.78, 5) is 0. The standard InChI is InChI=1S/C28H22F6O2/c1-13(35)16-6-7-17(24(30)23(16)29)14-2-4-15(5-3-14)18-8-9-19(26(32)25(18)31)20-10-11-21(22-12-36-22)28(34)27(20)33/h2,6-11,13,15,22,35H,3-5,12H2,1H3. The fraction of sp³-hybridized carbons (Fsp3) is 0.286. The highest BCUT2D eigenvalue weighted by molar-refractivity contribution is 5.69. The summed E-state index contributed by atoms with van der Waals surface area (Å²) in [6.45, 7) is 1.61. The van der Waals surface area contributed by atoms with E-state index in [-0.39, 0.29) is 40.8 Å². The second-order valence-electron chi connectivity index (χ2n) is 9.19. The molecule has 1 aliphatic carbocycles. The summed E-state index contributed by atoms with van der Waals surface area (Å²) in [7, 11) is 0. The molecule has 5 rings (SSSR count). The Morgan fingerprint density at radius 1 is 0.750 bits per heavy atom. The molecule has 2 nitrogen and oxygen atoms in total. The molecule has 36 heavy (non-hydrogen) atoms. The van der Waals surface area contributed by atoms with Crippen molar-refractivity contribution in [1.29, 1.82) is 0 Å². The number of benzene rings is 3. The van der Waals surface area contributed by atoms with Crippen LogP contribution in [0, 0.1) is 34.9 Å². The Morgan fingerprint density at radius 3 is 1.86 bits per heavy atom. The molecule has 1 heterocycles. The van der Waals surface area contributed by atoms with Crippen LogP contribution in [-0.2, 0) is 4.74 Å². The Labute approximate surface area is 203 Å². The van der Waals surface area contributed by atoms with Crippen molar-refractivity contribution < 1.29 is 36.2 Å². The number of hydrogen-bond acceptors (Lipinski definition) is 2. The van der Waals surface area contributed by atoms with Gasteiger partial charge in [-0.15, -0.1) is 0 Å². The van der Waals surface area contributed by atoms with Crippen LogP contribution in [0.2, 0.25) is 0 Å². The Hall–Kier alpha value is -3.10. The maximum absolute atomic E-state index is 15.1. The fourth-order valence-corrected chi connectivity index (χ4v) is 4.83. The van der Waals surface area contributed by atoms with Gasteiger partial charge >= 0.3 is 0 Å². The van der Waals surface area contributed by atoms with E-state index in [2.05, 4.69) is 0 Å². The van der Waals surface area contributed by atoms with Gasteiger partial charge in [-0.25, -0.2) is 26.3 Å². The number of aliphatic hydroxyl groups excluding tert-OH is 1. The highest BCUT2D eigenvalue weighted by Gasteiger charge is 2.31. The second kappa shape index (κ2) is 9.41. The van der Waals surface area contributed by atoms with Crippen LogP contribution in [0.15, 0.2) is 42.5 Å². The maximum atomic E-state index is 15.1. The molecule has 0 bridgehead atoms. The van der Waals surface area contributed by atoms with Gasteiger partial charge in [0.05, 0.1) is 12.7 Å². The van der Waals surface area contributed by atoms with Gasteiger partial charge < -0.3 is 9.84 Å². The molecule has 188 valence electrons. The minimum absolute atomic E-state index is 0.0374. The third-order valence-corrected chi connectivity index (χ3v) is 6.95. The van der Waals surface area contributed by atoms with Gasteiger partial charge in [0.15, 0.2) is 34.9 Å². The number of hydrogen-bond donors (Lipinski definition) is 1. The first-order valence-corrected chi connectivity index (χ1v) is 11.6. The van der Waals surface area contributed by atoms with Crippen molar-refractivity contribution in [3.05, 3.63) is 99.6 Å². The number of rotatable bonds is 5. The Morgan fingerprint density at radius 2 is 1.31 bits per heavy atom. The van der Waals surface area contributed by atoms with E-state index in [9.17, 15) is 22.7 Å². The number of allylic oxidation sites excluding steroid dienone is 2. The largest absolute Gasteiger partial charge is 0.389 e. The summed E-state index contributed by atoms with van der Waals surface area (Å²) in [5, 5.41) is 9.57. The number of ether oxygens (including phenoxy) is 1. The van der Waals surface area contributed by atoms with Gasteiger partial charge in [0, 0.05) is 27.8 Å². The topological polar surface area (TPSA) is 32.8 Å². The summed E-state index contributed by atoms with van der Waals surface area (Å²) >= 11 is 0. The van der Waals surface area contributed by atoms with Crippen molar-refractivity contribution in [2.75, 3.05) is 6.61 Å². The predicted molar refractivity (Wildman–Crippen MR) is 122 cm³/mol. The molecule has 2 aliphatic rings. The lowest BCUT2D eigenvalue weighted by Gasteiger charge is -2.24. The first kappa shape index (κ1) is 24.6. The van der Waals surface area contributed by atoms with Crippen molar-refractivity contribution in [2.45, 2.75) is 44.3 Å². The summed E-state index contributed by atoms with van der Waals surface area (Å²) in [5.74, 6) is -7.45. The lowest BCUT2D eigenvalue weighted by molar-refractivity contribution is 0.192. The third-order valence-electron chi connectivity index (χ3n) is 6.95. The Balaban J connectivity index is 1.40. The van der Waals surface area contributed by atoms with Crippen molar-refractivity contribution in [3.8, 4) is 11.1 Å². The maximum Gasteiger partial charge on any atom is 0.167 e. The van der Waals surface area contributed by atoms with E-state index >= 15 is 8.78 Å². The zero-order valence-electron chi connectivity index (χ0n) is 19.2. The highest BCUT2D eigenvalue weighted by atomic mass is 19.2. The fourth-order valence-electron chi connectivity index (χ4n) is 4.83. The van der Waals surface area contributed by atoms with Crippen molar-refractivity contribution in [1.82, 2.24) is 0 Å². The van der Waals surface area contributed by atoms with Gasteiger partial charge in [-0.1, -0.05) is 42.5 Å². The molecule has 1 fully saturated rings. The van der Waals surface area contributed by atoms with E-state index in [1.165, 1.54) is 43.3 Å². The SMILES string of the molecule is CC(O)c1ccc(C2=CCC(c3ccc(-c4ccc(C5CO5)c(F)c4F)c(F)c3F)CC2)c(F)c1F. The molecule has 0 aromatic heterocycles. The molecule has 0 radical (unpaired) electrons. The van der Waals surface area contributed by atoms with Gasteiger partial charge in [-0.05, 0) is 43.2 Å². The lowest BCUT2D eigenvalue weighted by atomic mass is 9.81. The van der Waals surface area contributed by atoms with Gasteiger partial charge in [0.25, 0.3) is 0 Å². The first-order valence-electron chi connectivity index (χ1n) is 11.6. The zero-order valence-corrected chi connectivity index (χ0v) is 19.2. The van der Waals surface area contributed by atoms with Gasteiger partial charge in [0.2, 0.25) is 0 Å². The van der Waals surface area contributed by atoms with Crippen LogP contribution in [0.1, 0.15) is 66.6 Å². The van der Waals surface area contributed by atoms with Crippen LogP contribution in [0.4, 0.5) is 26.3 Å². The molecule has 1 saturated heterocycles. The smallest absolute Gasteiger partial charge is 0.167 e. The predicted octanol–water partition coefficient (Wildman–Crippen LogP) is 7.66. The van der Waals surface area contributed by atoms with Crippen molar-refractivity contribution in [2.24, 2.45) is 0 Å². The molecule has 1 aliphatic heterocycles. The van der Waals surface area contributed by atoms with Crippen LogP contribution in [0.25, 0.3) is 16.7 Å². The Kier molecular flexibility index (Phi) is 6.43. The molecule has 3 unspecified atom stereocenters. The molecular formula is C28H22F6O2. The second-order valence-corrected chi connectivity index (χ2v) is 9.19. The van der Waals surface area contributed by atoms with Gasteiger partial charge in [-0.2, -0.15) is 0 Å². The summed E-state index contributed by atoms with van der Waals surface area (Å²) < 4.78 is 93.0. The number of epoxide rings is 1. The molecule has 3 atom stereocenters. The number of aliphatic hydroxyl groups is 1. The van der Waals surface area contributed by atoms with Crippen LogP contribution >= 0.6 is 0 Å². The Bertz CT molecular complexity index is 1380. The van der Waals surface area contributed by atoms with E-state index in [4.69, 9.17) is 4.74 Å². The van der Waals surface area contributed by atoms with E-state index < -0.39 is 58.6 Å². The molecular weight excluding hydrogens is 482 g/mol. The molecule has 0 amide bonds. The van der Waals surface area contributed by atoms with E-state index in [0.717, 1.165) is 0 Å². The summed E-state index contributed by atoms with van der Waals surface area (Å²) in [6.07, 6.45) is 0.871. The molecule has 0 saturated carbocycles. The summed E-state index contributed by atoms with van der Waals surface area (Å²) in [6, 6.07) is 7.81. The van der Waals surface area contributed by atoms with Gasteiger partial charge in [0.1, 0.15) is 6.10 Å². The van der Waals surface area contributed by atoms with Gasteiger partial charge in [-0.3, -0.25) is 0 Å². The van der Waals surface area contributed by atoms with E-state index in [1.807, 2.05) is 0 Å². The van der Waals surface area contributed by atoms with E-state index in [0.29, 0.717) is 18.4 Å². The lowest BCUT2D eigenvalue weighted by Crippen LogP contribution is -2.10. The van der Waals surface area contributed by atoms with Crippen LogP contribution in [-0.4, -0.2) is 11.7 Å². The summed E-state index contributed by atoms with van der Waals surface area (Å²) in [5.41, 5.74) is -0.205. The van der Waals surface area contributed by atoms with E-state index in [1.54, 1.807) is 6.08 Å². The third kappa shape index (κ3) is 4.22. The quantitative estimate of drug-likeness (QED) is 0.286. The van der Waals surface area contributed by atoms with Crippen molar-refractivity contribution in [3.63, 3.8) is 0 Å². The van der Waals surface area contributed by atoms with Crippen LogP contribution in [0.5, 0.6) is 0 Å².